The Labute approximate surface area is 249 Å². The first-order valence-corrected chi connectivity index (χ1v) is 15.6. The van der Waals surface area contributed by atoms with Gasteiger partial charge in [0.15, 0.2) is 0 Å². The van der Waals surface area contributed by atoms with Gasteiger partial charge in [0.05, 0.1) is 19.3 Å². The maximum atomic E-state index is 13.7. The highest BCUT2D eigenvalue weighted by Gasteiger charge is 2.40. The first kappa shape index (κ1) is 30.1. The Morgan fingerprint density at radius 2 is 1.88 bits per heavy atom. The topological polar surface area (TPSA) is 108 Å². The van der Waals surface area contributed by atoms with Gasteiger partial charge in [-0.15, -0.1) is 0 Å². The highest BCUT2D eigenvalue weighted by atomic mass is 16.5. The fraction of sp³-hybridized carbons (Fsp3) is 0.559. The van der Waals surface area contributed by atoms with Crippen LogP contribution in [0.3, 0.4) is 0 Å². The van der Waals surface area contributed by atoms with Gasteiger partial charge >= 0.3 is 0 Å². The number of amides is 3. The van der Waals surface area contributed by atoms with Crippen molar-refractivity contribution in [2.75, 3.05) is 18.6 Å². The van der Waals surface area contributed by atoms with Crippen molar-refractivity contribution >= 4 is 23.4 Å². The van der Waals surface area contributed by atoms with Crippen molar-refractivity contribution in [3.8, 4) is 5.75 Å². The van der Waals surface area contributed by atoms with Crippen LogP contribution in [-0.2, 0) is 16.0 Å². The Morgan fingerprint density at radius 1 is 1.07 bits per heavy atom. The summed E-state index contributed by atoms with van der Waals surface area (Å²) < 4.78 is 5.49. The van der Waals surface area contributed by atoms with Gasteiger partial charge in [-0.3, -0.25) is 14.4 Å². The zero-order chi connectivity index (χ0) is 29.6. The molecule has 6 atom stereocenters. The molecular weight excluding hydrogens is 530 g/mol. The van der Waals surface area contributed by atoms with E-state index in [0.717, 1.165) is 37.2 Å². The number of benzene rings is 2. The lowest BCUT2D eigenvalue weighted by Crippen LogP contribution is -2.47. The average molecular weight is 576 g/mol. The van der Waals surface area contributed by atoms with Gasteiger partial charge in [0, 0.05) is 42.2 Å². The van der Waals surface area contributed by atoms with Crippen molar-refractivity contribution < 1.29 is 24.2 Å². The zero-order valence-corrected chi connectivity index (χ0v) is 24.9. The van der Waals surface area contributed by atoms with Gasteiger partial charge in [-0.2, -0.15) is 0 Å². The largest absolute Gasteiger partial charge is 0.497 e. The molecule has 2 bridgehead atoms. The fourth-order valence-corrected chi connectivity index (χ4v) is 7.03. The molecule has 2 aromatic carbocycles. The number of hydrogen-bond acceptors (Lipinski definition) is 5. The fourth-order valence-electron chi connectivity index (χ4n) is 7.03. The lowest BCUT2D eigenvalue weighted by atomic mass is 9.91. The molecule has 0 aromatic heterocycles. The molecule has 3 fully saturated rings. The molecular formula is C34H45N3O5. The van der Waals surface area contributed by atoms with Crippen molar-refractivity contribution in [1.29, 1.82) is 0 Å². The first-order chi connectivity index (χ1) is 20.3. The molecule has 3 amide bonds. The average Bonchev–Trinajstić information content (AvgIpc) is 3.55. The normalized spacial score (nSPS) is 24.0. The maximum Gasteiger partial charge on any atom is 0.251 e. The van der Waals surface area contributed by atoms with Gasteiger partial charge in [-0.05, 0) is 74.5 Å². The molecule has 2 saturated carbocycles. The number of nitrogens with one attached hydrogen (secondary N) is 2. The molecule has 3 aliphatic rings. The van der Waals surface area contributed by atoms with Crippen LogP contribution in [0, 0.1) is 17.8 Å². The summed E-state index contributed by atoms with van der Waals surface area (Å²) in [4.78, 5) is 41.3. The molecule has 226 valence electrons. The molecule has 42 heavy (non-hydrogen) atoms. The minimum absolute atomic E-state index is 0.0315. The second kappa shape index (κ2) is 13.7. The molecule has 8 nitrogen and oxygen atoms in total. The summed E-state index contributed by atoms with van der Waals surface area (Å²) in [6, 6.07) is 14.5. The van der Waals surface area contributed by atoms with Crippen LogP contribution in [0.25, 0.3) is 0 Å². The monoisotopic (exact) mass is 575 g/mol. The number of fused-ring (bicyclic) bond motifs is 2. The van der Waals surface area contributed by atoms with E-state index in [2.05, 4.69) is 10.6 Å². The van der Waals surface area contributed by atoms with Crippen LogP contribution in [0.4, 0.5) is 5.69 Å². The lowest BCUT2D eigenvalue weighted by molar-refractivity contribution is -0.126. The van der Waals surface area contributed by atoms with Crippen molar-refractivity contribution in [2.24, 2.45) is 17.8 Å². The van der Waals surface area contributed by atoms with Crippen LogP contribution in [0.2, 0.25) is 0 Å². The first-order valence-electron chi connectivity index (χ1n) is 15.6. The van der Waals surface area contributed by atoms with E-state index in [4.69, 9.17) is 4.74 Å². The maximum absolute atomic E-state index is 13.7. The van der Waals surface area contributed by atoms with E-state index in [9.17, 15) is 19.5 Å². The molecule has 2 aromatic rings. The van der Waals surface area contributed by atoms with E-state index in [1.54, 1.807) is 23.1 Å². The number of hydrogen-bond donors (Lipinski definition) is 3. The predicted molar refractivity (Wildman–Crippen MR) is 162 cm³/mol. The Kier molecular flexibility index (Phi) is 9.83. The van der Waals surface area contributed by atoms with E-state index in [-0.39, 0.29) is 30.2 Å². The molecule has 1 saturated heterocycles. The summed E-state index contributed by atoms with van der Waals surface area (Å²) in [7, 11) is 1.54. The smallest absolute Gasteiger partial charge is 0.251 e. The third kappa shape index (κ3) is 7.33. The summed E-state index contributed by atoms with van der Waals surface area (Å²) in [5, 5.41) is 17.7. The number of nitrogens with zero attached hydrogens (tertiary/aromatic N) is 1. The molecule has 0 radical (unpaired) electrons. The molecule has 3 N–H and O–H groups in total. The molecule has 1 aliphatic heterocycles. The second-order valence-electron chi connectivity index (χ2n) is 12.5. The lowest BCUT2D eigenvalue weighted by Gasteiger charge is -2.28. The number of methoxy groups -OCH3 is 1. The van der Waals surface area contributed by atoms with Gasteiger partial charge in [0.25, 0.3) is 5.91 Å². The van der Waals surface area contributed by atoms with E-state index < -0.39 is 18.1 Å². The number of aliphatic hydroxyl groups excluding tert-OH is 1. The Balaban J connectivity index is 1.30. The van der Waals surface area contributed by atoms with E-state index >= 15 is 0 Å². The molecule has 8 heteroatoms. The zero-order valence-electron chi connectivity index (χ0n) is 24.9. The van der Waals surface area contributed by atoms with Crippen LogP contribution in [0.15, 0.2) is 48.5 Å². The molecule has 5 rings (SSSR count). The highest BCUT2D eigenvalue weighted by Crippen LogP contribution is 2.44. The molecule has 2 aliphatic carbocycles. The minimum Gasteiger partial charge on any atom is -0.497 e. The van der Waals surface area contributed by atoms with Crippen LogP contribution >= 0.6 is 0 Å². The summed E-state index contributed by atoms with van der Waals surface area (Å²) in [6.45, 7) is 2.45. The van der Waals surface area contributed by atoms with Crippen molar-refractivity contribution in [1.82, 2.24) is 10.6 Å². The summed E-state index contributed by atoms with van der Waals surface area (Å²) in [5.41, 5.74) is 1.97. The predicted octanol–water partition coefficient (Wildman–Crippen LogP) is 4.64. The highest BCUT2D eigenvalue weighted by molar-refractivity contribution is 5.99. The Hall–Kier alpha value is -3.39. The van der Waals surface area contributed by atoms with Gasteiger partial charge in [0.2, 0.25) is 11.8 Å². The van der Waals surface area contributed by atoms with Gasteiger partial charge < -0.3 is 25.4 Å². The summed E-state index contributed by atoms with van der Waals surface area (Å²) in [5.74, 6) is 1.06. The second-order valence-corrected chi connectivity index (χ2v) is 12.5. The van der Waals surface area contributed by atoms with Crippen molar-refractivity contribution in [3.05, 3.63) is 59.7 Å². The van der Waals surface area contributed by atoms with E-state index in [1.807, 2.05) is 37.3 Å². The number of rotatable bonds is 11. The minimum atomic E-state index is -0.938. The quantitative estimate of drug-likeness (QED) is 0.362. The SMILES string of the molecule is COc1cc(C(=O)NC(Cc2ccccc2)C(O)CC(C)C(=O)NC2CC3CCC2C3)cc(N2CCCCCC2=O)c1. The summed E-state index contributed by atoms with van der Waals surface area (Å²) >= 11 is 0. The van der Waals surface area contributed by atoms with Crippen molar-refractivity contribution in [3.63, 3.8) is 0 Å². The van der Waals surface area contributed by atoms with Crippen LogP contribution in [0.1, 0.15) is 80.6 Å². The number of carbonyl (C=O) groups excluding carboxylic acids is 3. The number of aliphatic hydroxyl groups is 1. The van der Waals surface area contributed by atoms with Crippen LogP contribution in [-0.4, -0.2) is 54.7 Å². The van der Waals surface area contributed by atoms with Gasteiger partial charge in [0.1, 0.15) is 5.75 Å². The Morgan fingerprint density at radius 3 is 2.60 bits per heavy atom. The number of ether oxygens (including phenoxy) is 1. The standard InChI is InChI=1S/C34H45N3O5/c1-22(33(40)35-29-18-24-12-13-25(29)16-24)15-31(38)30(17-23-9-5-3-6-10-23)36-34(41)26-19-27(21-28(20-26)42-2)37-14-8-4-7-11-32(37)39/h3,5-6,9-10,19-22,24-25,29-31,38H,4,7-8,11-18H2,1-2H3,(H,35,40)(H,36,41). The van der Waals surface area contributed by atoms with Crippen LogP contribution < -0.4 is 20.3 Å². The Bertz CT molecular complexity index is 1250. The van der Waals surface area contributed by atoms with Crippen molar-refractivity contribution in [2.45, 2.75) is 89.3 Å². The van der Waals surface area contributed by atoms with Gasteiger partial charge in [-0.1, -0.05) is 50.1 Å². The number of anilines is 1. The van der Waals surface area contributed by atoms with E-state index in [0.29, 0.717) is 42.3 Å². The summed E-state index contributed by atoms with van der Waals surface area (Å²) in [6.07, 6.45) is 7.70. The molecule has 1 heterocycles. The van der Waals surface area contributed by atoms with Crippen LogP contribution in [0.5, 0.6) is 5.75 Å². The molecule has 0 spiro atoms. The third-order valence-corrected chi connectivity index (χ3v) is 9.46. The van der Waals surface area contributed by atoms with Gasteiger partial charge in [-0.25, -0.2) is 0 Å². The number of carbonyl (C=O) groups is 3. The van der Waals surface area contributed by atoms with E-state index in [1.165, 1.54) is 26.4 Å². The third-order valence-electron chi connectivity index (χ3n) is 9.46. The molecule has 6 unspecified atom stereocenters.